The molecule has 3 heteroatoms. The van der Waals surface area contributed by atoms with Gasteiger partial charge in [0.1, 0.15) is 0 Å². The molecule has 0 N–H and O–H groups in total. The Balaban J connectivity index is 2.62. The minimum absolute atomic E-state index is 0.124. The number of hydrogen-bond acceptors (Lipinski definition) is 2. The van der Waals surface area contributed by atoms with E-state index in [1.807, 2.05) is 43.3 Å². The van der Waals surface area contributed by atoms with Crippen molar-refractivity contribution in [1.82, 2.24) is 0 Å². The lowest BCUT2D eigenvalue weighted by atomic mass is 10.1. The molecule has 2 aromatic carbocycles. The van der Waals surface area contributed by atoms with E-state index in [4.69, 9.17) is 0 Å². The first-order valence-corrected chi connectivity index (χ1v) is 6.89. The number of halogens is 1. The molecule has 1 nitrogen and oxygen atoms in total. The van der Waals surface area contributed by atoms with Crippen LogP contribution in [0.25, 0.3) is 20.2 Å². The topological polar surface area (TPSA) is 17.1 Å². The molecule has 0 unspecified atom stereocenters. The standard InChI is InChI=1S/C14H9BrOS/c1-8-5-6-12-10(7-8)13(16)9-3-2-4-11(15)14(9)17-12/h2-7H,1H3. The highest BCUT2D eigenvalue weighted by molar-refractivity contribution is 9.10. The summed E-state index contributed by atoms with van der Waals surface area (Å²) in [5.41, 5.74) is 1.25. The second-order valence-corrected chi connectivity index (χ2v) is 5.95. The van der Waals surface area contributed by atoms with Gasteiger partial charge in [-0.1, -0.05) is 17.7 Å². The van der Waals surface area contributed by atoms with Gasteiger partial charge in [-0.15, -0.1) is 11.3 Å². The van der Waals surface area contributed by atoms with Gasteiger partial charge in [0.2, 0.25) is 0 Å². The van der Waals surface area contributed by atoms with Crippen LogP contribution in [0.5, 0.6) is 0 Å². The fourth-order valence-corrected chi connectivity index (χ4v) is 3.62. The molecule has 0 aliphatic rings. The summed E-state index contributed by atoms with van der Waals surface area (Å²) < 4.78 is 3.05. The Labute approximate surface area is 111 Å². The van der Waals surface area contributed by atoms with Crippen LogP contribution in [0.4, 0.5) is 0 Å². The summed E-state index contributed by atoms with van der Waals surface area (Å²) in [5.74, 6) is 0. The first kappa shape index (κ1) is 10.9. The van der Waals surface area contributed by atoms with Gasteiger partial charge in [-0.2, -0.15) is 0 Å². The van der Waals surface area contributed by atoms with Crippen molar-refractivity contribution in [3.8, 4) is 0 Å². The molecule has 0 spiro atoms. The Morgan fingerprint density at radius 2 is 1.94 bits per heavy atom. The average molecular weight is 305 g/mol. The van der Waals surface area contributed by atoms with Crippen LogP contribution < -0.4 is 5.43 Å². The minimum atomic E-state index is 0.124. The second kappa shape index (κ2) is 3.93. The molecule has 1 heterocycles. The van der Waals surface area contributed by atoms with Crippen LogP contribution in [0.15, 0.2) is 45.7 Å². The third-order valence-corrected chi connectivity index (χ3v) is 4.95. The normalized spacial score (nSPS) is 11.2. The zero-order chi connectivity index (χ0) is 12.0. The second-order valence-electron chi connectivity index (χ2n) is 4.05. The predicted octanol–water partition coefficient (Wildman–Crippen LogP) is 4.49. The molecule has 0 saturated carbocycles. The number of aryl methyl sites for hydroxylation is 1. The van der Waals surface area contributed by atoms with Gasteiger partial charge in [0.15, 0.2) is 5.43 Å². The molecule has 0 aliphatic carbocycles. The van der Waals surface area contributed by atoms with Crippen molar-refractivity contribution in [2.75, 3.05) is 0 Å². The molecule has 84 valence electrons. The molecule has 3 aromatic rings. The summed E-state index contributed by atoms with van der Waals surface area (Å²) in [6.07, 6.45) is 0. The molecule has 0 fully saturated rings. The van der Waals surface area contributed by atoms with E-state index in [-0.39, 0.29) is 5.43 Å². The molecule has 1 aromatic heterocycles. The molecular weight excluding hydrogens is 296 g/mol. The van der Waals surface area contributed by atoms with Crippen LogP contribution in [-0.4, -0.2) is 0 Å². The van der Waals surface area contributed by atoms with Crippen molar-refractivity contribution in [2.45, 2.75) is 6.92 Å². The van der Waals surface area contributed by atoms with Crippen LogP contribution in [0.3, 0.4) is 0 Å². The van der Waals surface area contributed by atoms with E-state index in [0.717, 1.165) is 30.2 Å². The summed E-state index contributed by atoms with van der Waals surface area (Å²) in [6, 6.07) is 11.8. The molecule has 0 aliphatic heterocycles. The van der Waals surface area contributed by atoms with E-state index in [1.165, 1.54) is 0 Å². The van der Waals surface area contributed by atoms with Crippen LogP contribution in [0.2, 0.25) is 0 Å². The van der Waals surface area contributed by atoms with Gasteiger partial charge in [-0.05, 0) is 47.1 Å². The summed E-state index contributed by atoms with van der Waals surface area (Å²) in [7, 11) is 0. The zero-order valence-corrected chi connectivity index (χ0v) is 11.6. The Hall–Kier alpha value is -1.19. The van der Waals surface area contributed by atoms with Gasteiger partial charge >= 0.3 is 0 Å². The van der Waals surface area contributed by atoms with Crippen LogP contribution in [-0.2, 0) is 0 Å². The quantitative estimate of drug-likeness (QED) is 0.559. The molecule has 0 atom stereocenters. The summed E-state index contributed by atoms with van der Waals surface area (Å²) >= 11 is 5.16. The van der Waals surface area contributed by atoms with E-state index in [2.05, 4.69) is 15.9 Å². The van der Waals surface area contributed by atoms with Gasteiger partial charge in [0.05, 0.1) is 4.70 Å². The Bertz CT molecular complexity index is 782. The van der Waals surface area contributed by atoms with Gasteiger partial charge in [0, 0.05) is 19.9 Å². The SMILES string of the molecule is Cc1ccc2sc3c(Br)cccc3c(=O)c2c1. The minimum Gasteiger partial charge on any atom is -0.289 e. The maximum Gasteiger partial charge on any atom is 0.195 e. The summed E-state index contributed by atoms with van der Waals surface area (Å²) in [6.45, 7) is 2.01. The summed E-state index contributed by atoms with van der Waals surface area (Å²) in [4.78, 5) is 12.4. The first-order valence-electron chi connectivity index (χ1n) is 5.28. The van der Waals surface area contributed by atoms with E-state index in [9.17, 15) is 4.79 Å². The van der Waals surface area contributed by atoms with Crippen molar-refractivity contribution < 1.29 is 0 Å². The highest BCUT2D eigenvalue weighted by atomic mass is 79.9. The van der Waals surface area contributed by atoms with Crippen molar-refractivity contribution >= 4 is 47.4 Å². The van der Waals surface area contributed by atoms with Crippen molar-refractivity contribution in [2.24, 2.45) is 0 Å². The largest absolute Gasteiger partial charge is 0.289 e. The number of hydrogen-bond donors (Lipinski definition) is 0. The Morgan fingerprint density at radius 1 is 1.12 bits per heavy atom. The number of rotatable bonds is 0. The molecule has 17 heavy (non-hydrogen) atoms. The highest BCUT2D eigenvalue weighted by Crippen LogP contribution is 2.30. The maximum atomic E-state index is 12.4. The van der Waals surface area contributed by atoms with Gasteiger partial charge in [-0.3, -0.25) is 4.79 Å². The van der Waals surface area contributed by atoms with E-state index < -0.39 is 0 Å². The average Bonchev–Trinajstić information content (AvgIpc) is 2.32. The van der Waals surface area contributed by atoms with E-state index in [1.54, 1.807) is 11.3 Å². The predicted molar refractivity (Wildman–Crippen MR) is 78.0 cm³/mol. The summed E-state index contributed by atoms with van der Waals surface area (Å²) in [5, 5.41) is 1.61. The Kier molecular flexibility index (Phi) is 2.53. The van der Waals surface area contributed by atoms with Crippen LogP contribution >= 0.6 is 27.3 Å². The smallest absolute Gasteiger partial charge is 0.195 e. The molecule has 3 rings (SSSR count). The van der Waals surface area contributed by atoms with Crippen molar-refractivity contribution in [3.05, 3.63) is 56.7 Å². The van der Waals surface area contributed by atoms with Crippen molar-refractivity contribution in [3.63, 3.8) is 0 Å². The monoisotopic (exact) mass is 304 g/mol. The fraction of sp³-hybridized carbons (Fsp3) is 0.0714. The van der Waals surface area contributed by atoms with Gasteiger partial charge in [-0.25, -0.2) is 0 Å². The van der Waals surface area contributed by atoms with Gasteiger partial charge in [0.25, 0.3) is 0 Å². The van der Waals surface area contributed by atoms with Crippen molar-refractivity contribution in [1.29, 1.82) is 0 Å². The lowest BCUT2D eigenvalue weighted by molar-refractivity contribution is 1.51. The zero-order valence-electron chi connectivity index (χ0n) is 9.16. The molecule has 0 bridgehead atoms. The molecule has 0 radical (unpaired) electrons. The van der Waals surface area contributed by atoms with E-state index in [0.29, 0.717) is 0 Å². The third kappa shape index (κ3) is 1.70. The number of benzene rings is 2. The molecule has 0 saturated heterocycles. The highest BCUT2D eigenvalue weighted by Gasteiger charge is 2.07. The maximum absolute atomic E-state index is 12.4. The van der Waals surface area contributed by atoms with Gasteiger partial charge < -0.3 is 0 Å². The van der Waals surface area contributed by atoms with Crippen LogP contribution in [0.1, 0.15) is 5.56 Å². The third-order valence-electron chi connectivity index (χ3n) is 2.80. The molecular formula is C14H9BrOS. The first-order chi connectivity index (χ1) is 8.16. The van der Waals surface area contributed by atoms with Crippen LogP contribution in [0, 0.1) is 6.92 Å². The van der Waals surface area contributed by atoms with E-state index >= 15 is 0 Å². The lowest BCUT2D eigenvalue weighted by Gasteiger charge is -2.03. The number of fused-ring (bicyclic) bond motifs is 2. The lowest BCUT2D eigenvalue weighted by Crippen LogP contribution is -2.01. The fourth-order valence-electron chi connectivity index (χ4n) is 1.96. The molecule has 0 amide bonds. The Morgan fingerprint density at radius 3 is 2.76 bits per heavy atom.